The second-order valence-corrected chi connectivity index (χ2v) is 8.93. The molecule has 0 saturated carbocycles. The smallest absolute Gasteiger partial charge is 0.229 e. The Morgan fingerprint density at radius 2 is 1.84 bits per heavy atom. The summed E-state index contributed by atoms with van der Waals surface area (Å²) in [5.74, 6) is -0.0816. The van der Waals surface area contributed by atoms with Gasteiger partial charge in [-0.25, -0.2) is 4.39 Å². The number of nitrogens with one attached hydrogen (secondary N) is 2. The molecular weight excluding hydrogens is 403 g/mol. The van der Waals surface area contributed by atoms with Gasteiger partial charge in [0.1, 0.15) is 5.82 Å². The van der Waals surface area contributed by atoms with Gasteiger partial charge in [0.25, 0.3) is 0 Å². The number of piperazine rings is 1. The van der Waals surface area contributed by atoms with Crippen molar-refractivity contribution >= 4 is 22.5 Å². The summed E-state index contributed by atoms with van der Waals surface area (Å²) in [5.41, 5.74) is 4.26. The Kier molecular flexibility index (Phi) is 6.12. The van der Waals surface area contributed by atoms with Crippen LogP contribution in [0.25, 0.3) is 10.9 Å². The van der Waals surface area contributed by atoms with E-state index < -0.39 is 0 Å². The molecular formula is C26H31FN4O. The summed E-state index contributed by atoms with van der Waals surface area (Å²) in [5, 5.41) is 4.43. The molecule has 5 nitrogen and oxygen atoms in total. The highest BCUT2D eigenvalue weighted by Gasteiger charge is 2.29. The normalized spacial score (nSPS) is 19.2. The fourth-order valence-corrected chi connectivity index (χ4v) is 5.24. The van der Waals surface area contributed by atoms with Gasteiger partial charge >= 0.3 is 0 Å². The molecule has 1 aliphatic carbocycles. The minimum atomic E-state index is -0.149. The van der Waals surface area contributed by atoms with Crippen LogP contribution < -0.4 is 10.2 Å². The van der Waals surface area contributed by atoms with Gasteiger partial charge in [-0.1, -0.05) is 30.3 Å². The lowest BCUT2D eigenvalue weighted by atomic mass is 9.86. The molecule has 1 fully saturated rings. The number of carbonyl (C=O) groups is 1. The van der Waals surface area contributed by atoms with Gasteiger partial charge in [0, 0.05) is 49.3 Å². The number of fused-ring (bicyclic) bond motifs is 3. The predicted octanol–water partition coefficient (Wildman–Crippen LogP) is 4.06. The van der Waals surface area contributed by atoms with Gasteiger partial charge in [-0.05, 0) is 56.0 Å². The van der Waals surface area contributed by atoms with E-state index in [-0.39, 0.29) is 17.6 Å². The molecule has 1 atom stereocenters. The van der Waals surface area contributed by atoms with Crippen LogP contribution in [0, 0.1) is 5.82 Å². The number of anilines is 1. The Labute approximate surface area is 188 Å². The minimum Gasteiger partial charge on any atom is -0.367 e. The van der Waals surface area contributed by atoms with Crippen LogP contribution in [0.15, 0.2) is 48.5 Å². The lowest BCUT2D eigenvalue weighted by Gasteiger charge is -2.36. The Hall–Kier alpha value is -2.86. The van der Waals surface area contributed by atoms with Crippen molar-refractivity contribution in [3.63, 3.8) is 0 Å². The number of hydrogen-bond donors (Lipinski definition) is 2. The number of para-hydroxylation sites is 2. The Balaban J connectivity index is 1.09. The Morgan fingerprint density at radius 3 is 2.69 bits per heavy atom. The number of benzene rings is 2. The predicted molar refractivity (Wildman–Crippen MR) is 127 cm³/mol. The summed E-state index contributed by atoms with van der Waals surface area (Å²) in [4.78, 5) is 21.0. The number of carbonyl (C=O) groups excluding carboxylic acids is 1. The third kappa shape index (κ3) is 4.24. The molecule has 6 heteroatoms. The number of aromatic nitrogens is 1. The number of halogens is 1. The molecule has 32 heavy (non-hydrogen) atoms. The number of aromatic amines is 1. The molecule has 1 amide bonds. The number of rotatable bonds is 6. The van der Waals surface area contributed by atoms with Gasteiger partial charge in [0.05, 0.1) is 11.6 Å². The first-order valence-corrected chi connectivity index (χ1v) is 11.8. The van der Waals surface area contributed by atoms with E-state index in [0.29, 0.717) is 12.2 Å². The van der Waals surface area contributed by atoms with E-state index in [9.17, 15) is 9.18 Å². The summed E-state index contributed by atoms with van der Waals surface area (Å²) in [6.07, 6.45) is 3.93. The topological polar surface area (TPSA) is 51.4 Å². The van der Waals surface area contributed by atoms with Crippen LogP contribution in [-0.4, -0.2) is 55.1 Å². The first kappa shape index (κ1) is 21.0. The second-order valence-electron chi connectivity index (χ2n) is 8.93. The molecule has 2 N–H and O–H groups in total. The summed E-state index contributed by atoms with van der Waals surface area (Å²) in [6.45, 7) is 5.15. The third-order valence-corrected chi connectivity index (χ3v) is 6.95. The van der Waals surface area contributed by atoms with Gasteiger partial charge < -0.3 is 15.2 Å². The fraction of sp³-hybridized carbons (Fsp3) is 0.423. The summed E-state index contributed by atoms with van der Waals surface area (Å²) < 4.78 is 14.0. The van der Waals surface area contributed by atoms with Crippen LogP contribution in [0.4, 0.5) is 10.1 Å². The van der Waals surface area contributed by atoms with Crippen LogP contribution >= 0.6 is 0 Å². The van der Waals surface area contributed by atoms with Gasteiger partial charge in [-0.3, -0.25) is 9.69 Å². The van der Waals surface area contributed by atoms with Crippen LogP contribution in [0.2, 0.25) is 0 Å². The van der Waals surface area contributed by atoms with Gasteiger partial charge in [-0.15, -0.1) is 0 Å². The molecule has 0 bridgehead atoms. The maximum atomic E-state index is 14.0. The number of nitrogens with zero attached hydrogens (tertiary/aromatic N) is 2. The summed E-state index contributed by atoms with van der Waals surface area (Å²) in [6, 6.07) is 15.3. The maximum Gasteiger partial charge on any atom is 0.229 e. The van der Waals surface area contributed by atoms with Gasteiger partial charge in [-0.2, -0.15) is 0 Å². The van der Waals surface area contributed by atoms with E-state index in [0.717, 1.165) is 69.6 Å². The molecule has 0 radical (unpaired) electrons. The van der Waals surface area contributed by atoms with E-state index in [4.69, 9.17) is 0 Å². The van der Waals surface area contributed by atoms with Crippen molar-refractivity contribution in [3.8, 4) is 0 Å². The molecule has 5 rings (SSSR count). The van der Waals surface area contributed by atoms with E-state index in [1.165, 1.54) is 17.0 Å². The average Bonchev–Trinajstić information content (AvgIpc) is 3.21. The first-order chi connectivity index (χ1) is 15.7. The van der Waals surface area contributed by atoms with Crippen molar-refractivity contribution in [2.45, 2.75) is 31.6 Å². The Morgan fingerprint density at radius 1 is 1.06 bits per heavy atom. The standard InChI is InChI=1S/C26H31FN4O/c27-22-10-2-4-12-24(22)31-17-15-30(16-18-31)14-6-13-28-26(32)21-9-5-8-20-19-7-1-3-11-23(19)29-25(20)21/h1-4,7,10-12,21,29H,5-6,8-9,13-18H2,(H,28,32). The zero-order valence-corrected chi connectivity index (χ0v) is 18.4. The summed E-state index contributed by atoms with van der Waals surface area (Å²) in [7, 11) is 0. The molecule has 2 aromatic carbocycles. The molecule has 168 valence electrons. The molecule has 1 unspecified atom stereocenters. The van der Waals surface area contributed by atoms with Crippen molar-refractivity contribution in [1.82, 2.24) is 15.2 Å². The monoisotopic (exact) mass is 434 g/mol. The molecule has 2 heterocycles. The SMILES string of the molecule is O=C(NCCCN1CCN(c2ccccc2F)CC1)C1CCCc2c1[nH]c1ccccc21. The number of hydrogen-bond acceptors (Lipinski definition) is 3. The van der Waals surface area contributed by atoms with E-state index in [1.807, 2.05) is 18.2 Å². The largest absolute Gasteiger partial charge is 0.367 e. The highest BCUT2D eigenvalue weighted by atomic mass is 19.1. The van der Waals surface area contributed by atoms with Crippen LogP contribution in [0.3, 0.4) is 0 Å². The van der Waals surface area contributed by atoms with E-state index in [1.54, 1.807) is 6.07 Å². The van der Waals surface area contributed by atoms with Crippen molar-refractivity contribution in [1.29, 1.82) is 0 Å². The first-order valence-electron chi connectivity index (χ1n) is 11.8. The summed E-state index contributed by atoms with van der Waals surface area (Å²) >= 11 is 0. The van der Waals surface area contributed by atoms with Crippen molar-refractivity contribution in [2.75, 3.05) is 44.2 Å². The lowest BCUT2D eigenvalue weighted by molar-refractivity contribution is -0.122. The van der Waals surface area contributed by atoms with Gasteiger partial charge in [0.15, 0.2) is 0 Å². The van der Waals surface area contributed by atoms with E-state index >= 15 is 0 Å². The highest BCUT2D eigenvalue weighted by Crippen LogP contribution is 2.36. The zero-order chi connectivity index (χ0) is 21.9. The zero-order valence-electron chi connectivity index (χ0n) is 18.4. The lowest BCUT2D eigenvalue weighted by Crippen LogP contribution is -2.47. The van der Waals surface area contributed by atoms with Crippen LogP contribution in [-0.2, 0) is 11.2 Å². The molecule has 1 saturated heterocycles. The van der Waals surface area contributed by atoms with Gasteiger partial charge in [0.2, 0.25) is 5.91 Å². The number of aryl methyl sites for hydroxylation is 1. The van der Waals surface area contributed by atoms with Crippen LogP contribution in [0.1, 0.15) is 36.4 Å². The number of H-pyrrole nitrogens is 1. The van der Waals surface area contributed by atoms with Crippen molar-refractivity contribution < 1.29 is 9.18 Å². The fourth-order valence-electron chi connectivity index (χ4n) is 5.24. The molecule has 1 aliphatic heterocycles. The maximum absolute atomic E-state index is 14.0. The Bertz CT molecular complexity index is 1090. The quantitative estimate of drug-likeness (QED) is 0.576. The second kappa shape index (κ2) is 9.33. The molecule has 3 aromatic rings. The van der Waals surface area contributed by atoms with E-state index in [2.05, 4.69) is 38.3 Å². The third-order valence-electron chi connectivity index (χ3n) is 6.95. The number of amides is 1. The minimum absolute atomic E-state index is 0.0736. The average molecular weight is 435 g/mol. The molecule has 0 spiro atoms. The van der Waals surface area contributed by atoms with Crippen molar-refractivity contribution in [2.24, 2.45) is 0 Å². The highest BCUT2D eigenvalue weighted by molar-refractivity contribution is 5.90. The van der Waals surface area contributed by atoms with Crippen molar-refractivity contribution in [3.05, 3.63) is 65.6 Å². The molecule has 1 aromatic heterocycles. The molecule has 2 aliphatic rings. The van der Waals surface area contributed by atoms with Crippen LogP contribution in [0.5, 0.6) is 0 Å².